The van der Waals surface area contributed by atoms with E-state index in [1.807, 2.05) is 30.3 Å². The number of hydrogen-bond acceptors (Lipinski definition) is 6. The minimum atomic E-state index is -3.91. The molecule has 0 saturated heterocycles. The maximum atomic E-state index is 12.3. The fourth-order valence-corrected chi connectivity index (χ4v) is 5.40. The lowest BCUT2D eigenvalue weighted by atomic mass is 10.1. The second kappa shape index (κ2) is 10.1. The van der Waals surface area contributed by atoms with Crippen molar-refractivity contribution in [2.24, 2.45) is 0 Å². The summed E-state index contributed by atoms with van der Waals surface area (Å²) in [5, 5.41) is 0. The van der Waals surface area contributed by atoms with Gasteiger partial charge in [-0.3, -0.25) is 4.79 Å². The molecule has 2 N–H and O–H groups in total. The number of nitrogens with one attached hydrogen (secondary N) is 2. The number of amides is 1. The van der Waals surface area contributed by atoms with Crippen LogP contribution in [0.4, 0.5) is 0 Å². The Kier molecular flexibility index (Phi) is 8.17. The van der Waals surface area contributed by atoms with Crippen molar-refractivity contribution in [1.82, 2.24) is 9.44 Å². The van der Waals surface area contributed by atoms with Gasteiger partial charge in [0, 0.05) is 17.8 Å². The molecule has 2 aromatic rings. The van der Waals surface area contributed by atoms with Crippen LogP contribution < -0.4 is 9.44 Å². The first-order chi connectivity index (χ1) is 13.2. The van der Waals surface area contributed by atoms with Crippen LogP contribution >= 0.6 is 11.3 Å². The lowest BCUT2D eigenvalue weighted by Crippen LogP contribution is -2.29. The third-order valence-corrected chi connectivity index (χ3v) is 8.35. The van der Waals surface area contributed by atoms with Crippen molar-refractivity contribution >= 4 is 37.3 Å². The number of rotatable bonds is 11. The van der Waals surface area contributed by atoms with Crippen LogP contribution in [-0.4, -0.2) is 35.0 Å². The highest BCUT2D eigenvalue weighted by Crippen LogP contribution is 2.22. The van der Waals surface area contributed by atoms with Crippen LogP contribution in [0.2, 0.25) is 0 Å². The summed E-state index contributed by atoms with van der Waals surface area (Å²) in [5.41, 5.74) is 1.10. The highest BCUT2D eigenvalue weighted by molar-refractivity contribution is 7.92. The largest absolute Gasteiger partial charge is 0.274 e. The second-order valence-corrected chi connectivity index (χ2v) is 11.3. The first-order valence-corrected chi connectivity index (χ1v) is 12.8. The molecule has 1 aromatic carbocycles. The summed E-state index contributed by atoms with van der Waals surface area (Å²) in [6.45, 7) is 1.74. The predicted octanol–water partition coefficient (Wildman–Crippen LogP) is 2.06. The molecule has 0 fully saturated rings. The van der Waals surface area contributed by atoms with Gasteiger partial charge in [0.2, 0.25) is 15.9 Å². The molecule has 0 aliphatic rings. The Hall–Kier alpha value is -1.75. The monoisotopic (exact) mass is 444 g/mol. The number of benzene rings is 1. The number of carbonyl (C=O) groups is 1. The van der Waals surface area contributed by atoms with Crippen LogP contribution in [-0.2, 0) is 37.7 Å². The van der Waals surface area contributed by atoms with Crippen LogP contribution in [0.5, 0.6) is 0 Å². The van der Waals surface area contributed by atoms with Gasteiger partial charge in [-0.2, -0.15) is 0 Å². The van der Waals surface area contributed by atoms with E-state index in [1.54, 1.807) is 13.0 Å². The molecular formula is C18H24N2O5S3. The SMILES string of the molecule is CCS(=O)(=O)NCCc1ccc(S(=O)(=O)NC(=O)CCCc2ccccc2)s1. The Morgan fingerprint density at radius 2 is 1.71 bits per heavy atom. The molecule has 0 bridgehead atoms. The molecule has 0 unspecified atom stereocenters. The van der Waals surface area contributed by atoms with Crippen LogP contribution in [0.25, 0.3) is 0 Å². The van der Waals surface area contributed by atoms with Gasteiger partial charge in [0.15, 0.2) is 0 Å². The van der Waals surface area contributed by atoms with Gasteiger partial charge in [-0.15, -0.1) is 11.3 Å². The Bertz CT molecular complexity index is 983. The zero-order chi connectivity index (χ0) is 20.6. The molecule has 0 aliphatic carbocycles. The van der Waals surface area contributed by atoms with Crippen molar-refractivity contribution in [3.8, 4) is 0 Å². The van der Waals surface area contributed by atoms with E-state index in [1.165, 1.54) is 6.07 Å². The van der Waals surface area contributed by atoms with Crippen molar-refractivity contribution in [1.29, 1.82) is 0 Å². The van der Waals surface area contributed by atoms with Gasteiger partial charge >= 0.3 is 0 Å². The van der Waals surface area contributed by atoms with Gasteiger partial charge in [-0.05, 0) is 43.9 Å². The van der Waals surface area contributed by atoms with Crippen molar-refractivity contribution in [3.05, 3.63) is 52.9 Å². The Morgan fingerprint density at radius 3 is 2.39 bits per heavy atom. The summed E-state index contributed by atoms with van der Waals surface area (Å²) in [4.78, 5) is 12.7. The average Bonchev–Trinajstić information content (AvgIpc) is 3.12. The Balaban J connectivity index is 1.83. The Morgan fingerprint density at radius 1 is 1.00 bits per heavy atom. The fraction of sp³-hybridized carbons (Fsp3) is 0.389. The minimum Gasteiger partial charge on any atom is -0.274 e. The summed E-state index contributed by atoms with van der Waals surface area (Å²) in [5.74, 6) is -0.547. The third-order valence-electron chi connectivity index (χ3n) is 3.94. The van der Waals surface area contributed by atoms with Crippen molar-refractivity contribution in [2.75, 3.05) is 12.3 Å². The smallest absolute Gasteiger partial charge is 0.273 e. The number of hydrogen-bond donors (Lipinski definition) is 2. The summed E-state index contributed by atoms with van der Waals surface area (Å²) < 4.78 is 52.0. The van der Waals surface area contributed by atoms with Crippen LogP contribution in [0.15, 0.2) is 46.7 Å². The van der Waals surface area contributed by atoms with E-state index in [0.29, 0.717) is 19.3 Å². The molecule has 1 aromatic heterocycles. The molecule has 0 atom stereocenters. The quantitative estimate of drug-likeness (QED) is 0.551. The number of thiophene rings is 1. The predicted molar refractivity (Wildman–Crippen MR) is 110 cm³/mol. The molecule has 10 heteroatoms. The summed E-state index contributed by atoms with van der Waals surface area (Å²) >= 11 is 1.02. The van der Waals surface area contributed by atoms with Gasteiger partial charge < -0.3 is 0 Å². The van der Waals surface area contributed by atoms with Gasteiger partial charge in [-0.1, -0.05) is 30.3 Å². The van der Waals surface area contributed by atoms with Gasteiger partial charge in [0.05, 0.1) is 5.75 Å². The minimum absolute atomic E-state index is 0.00657. The fourth-order valence-electron chi connectivity index (χ4n) is 2.42. The average molecular weight is 445 g/mol. The highest BCUT2D eigenvalue weighted by atomic mass is 32.2. The standard InChI is InChI=1S/C18H24N2O5S3/c1-2-27(22,23)19-14-13-16-11-12-18(26-16)28(24,25)20-17(21)10-6-9-15-7-4-3-5-8-15/h3-5,7-8,11-12,19H,2,6,9-10,13-14H2,1H3,(H,20,21). The molecule has 0 radical (unpaired) electrons. The van der Waals surface area contributed by atoms with Crippen molar-refractivity contribution in [3.63, 3.8) is 0 Å². The molecule has 1 amide bonds. The van der Waals surface area contributed by atoms with Gasteiger partial charge in [0.25, 0.3) is 10.0 Å². The van der Waals surface area contributed by atoms with Gasteiger partial charge in [0.1, 0.15) is 4.21 Å². The van der Waals surface area contributed by atoms with E-state index in [-0.39, 0.29) is 22.9 Å². The van der Waals surface area contributed by atoms with E-state index >= 15 is 0 Å². The van der Waals surface area contributed by atoms with Crippen molar-refractivity contribution < 1.29 is 21.6 Å². The maximum Gasteiger partial charge on any atom is 0.273 e. The third kappa shape index (κ3) is 7.34. The molecule has 2 rings (SSSR count). The molecule has 28 heavy (non-hydrogen) atoms. The number of aryl methyl sites for hydroxylation is 1. The molecule has 1 heterocycles. The topological polar surface area (TPSA) is 109 Å². The lowest BCUT2D eigenvalue weighted by Gasteiger charge is -2.05. The zero-order valence-electron chi connectivity index (χ0n) is 15.6. The first kappa shape index (κ1) is 22.5. The van der Waals surface area contributed by atoms with Gasteiger partial charge in [-0.25, -0.2) is 26.3 Å². The normalized spacial score (nSPS) is 12.0. The van der Waals surface area contributed by atoms with E-state index in [0.717, 1.165) is 21.8 Å². The summed E-state index contributed by atoms with van der Waals surface area (Å²) in [6, 6.07) is 12.7. The molecule has 0 saturated carbocycles. The van der Waals surface area contributed by atoms with E-state index in [4.69, 9.17) is 0 Å². The maximum absolute atomic E-state index is 12.3. The number of carbonyl (C=O) groups excluding carboxylic acids is 1. The first-order valence-electron chi connectivity index (χ1n) is 8.87. The molecule has 154 valence electrons. The van der Waals surface area contributed by atoms with Crippen LogP contribution in [0.3, 0.4) is 0 Å². The second-order valence-electron chi connectivity index (χ2n) is 6.14. The van der Waals surface area contributed by atoms with E-state index in [9.17, 15) is 21.6 Å². The molecule has 0 spiro atoms. The molecule has 0 aliphatic heterocycles. The van der Waals surface area contributed by atoms with Crippen LogP contribution in [0, 0.1) is 0 Å². The molecular weight excluding hydrogens is 420 g/mol. The highest BCUT2D eigenvalue weighted by Gasteiger charge is 2.19. The van der Waals surface area contributed by atoms with Crippen LogP contribution in [0.1, 0.15) is 30.2 Å². The number of sulfonamides is 2. The lowest BCUT2D eigenvalue weighted by molar-refractivity contribution is -0.119. The summed E-state index contributed by atoms with van der Waals surface area (Å²) in [6.07, 6.45) is 1.75. The summed E-state index contributed by atoms with van der Waals surface area (Å²) in [7, 11) is -7.19. The Labute approximate surface area is 170 Å². The van der Waals surface area contributed by atoms with Crippen molar-refractivity contribution in [2.45, 2.75) is 36.8 Å². The zero-order valence-corrected chi connectivity index (χ0v) is 18.0. The van der Waals surface area contributed by atoms with E-state index < -0.39 is 26.0 Å². The molecule has 7 nitrogen and oxygen atoms in total. The van der Waals surface area contributed by atoms with E-state index in [2.05, 4.69) is 9.44 Å².